The number of aromatic nitrogens is 3. The average molecular weight is 276 g/mol. The predicted octanol–water partition coefficient (Wildman–Crippen LogP) is 3.01. The van der Waals surface area contributed by atoms with E-state index in [1.54, 1.807) is 0 Å². The van der Waals surface area contributed by atoms with E-state index in [2.05, 4.69) is 15.4 Å². The van der Waals surface area contributed by atoms with Crippen LogP contribution in [0.1, 0.15) is 19.3 Å². The van der Waals surface area contributed by atoms with Crippen molar-refractivity contribution in [3.05, 3.63) is 24.1 Å². The van der Waals surface area contributed by atoms with E-state index >= 15 is 0 Å². The highest BCUT2D eigenvalue weighted by atomic mass is 19.4. The second-order valence-electron chi connectivity index (χ2n) is 4.08. The summed E-state index contributed by atoms with van der Waals surface area (Å²) in [6.07, 6.45) is -3.31. The standard InChI is InChI=1S/C11H12F4N4/c12-8-3-4-9-17-10(18-19(9)7-8)16-6-2-1-5-11(13,14)15/h3-4,7H,1-2,5-6H2,(H,16,18). The first-order chi connectivity index (χ1) is 8.94. The molecule has 0 aliphatic rings. The molecule has 0 aromatic carbocycles. The summed E-state index contributed by atoms with van der Waals surface area (Å²) in [5.74, 6) is -0.160. The van der Waals surface area contributed by atoms with Gasteiger partial charge in [-0.1, -0.05) is 0 Å². The van der Waals surface area contributed by atoms with Gasteiger partial charge in [0.1, 0.15) is 5.82 Å². The minimum Gasteiger partial charge on any atom is -0.353 e. The van der Waals surface area contributed by atoms with Crippen LogP contribution in [0.15, 0.2) is 18.3 Å². The SMILES string of the molecule is Fc1ccc2nc(NCCCCC(F)(F)F)nn2c1. The molecule has 0 saturated carbocycles. The third-order valence-corrected chi connectivity index (χ3v) is 2.47. The molecule has 2 aromatic rings. The van der Waals surface area contributed by atoms with Gasteiger partial charge in [0.05, 0.1) is 6.20 Å². The summed E-state index contributed by atoms with van der Waals surface area (Å²) in [6, 6.07) is 2.73. The lowest BCUT2D eigenvalue weighted by atomic mass is 10.2. The number of nitrogens with one attached hydrogen (secondary N) is 1. The third-order valence-electron chi connectivity index (χ3n) is 2.47. The molecule has 8 heteroatoms. The summed E-state index contributed by atoms with van der Waals surface area (Å²) in [5, 5.41) is 6.76. The van der Waals surface area contributed by atoms with Crippen LogP contribution < -0.4 is 5.32 Å². The van der Waals surface area contributed by atoms with Crippen LogP contribution in [0, 0.1) is 5.82 Å². The molecule has 4 nitrogen and oxygen atoms in total. The number of fused-ring (bicyclic) bond motifs is 1. The molecular formula is C11H12F4N4. The first-order valence-corrected chi connectivity index (χ1v) is 5.77. The summed E-state index contributed by atoms with van der Waals surface area (Å²) in [5.41, 5.74) is 0.471. The molecule has 0 fully saturated rings. The molecule has 0 amide bonds. The maximum atomic E-state index is 12.9. The molecule has 2 aromatic heterocycles. The number of rotatable bonds is 5. The number of halogens is 4. The molecule has 0 aliphatic carbocycles. The highest BCUT2D eigenvalue weighted by Crippen LogP contribution is 2.22. The number of pyridine rings is 1. The zero-order valence-corrected chi connectivity index (χ0v) is 9.91. The fraction of sp³-hybridized carbons (Fsp3) is 0.455. The van der Waals surface area contributed by atoms with Crippen LogP contribution in [0.25, 0.3) is 5.65 Å². The highest BCUT2D eigenvalue weighted by Gasteiger charge is 2.25. The molecule has 0 atom stereocenters. The zero-order valence-electron chi connectivity index (χ0n) is 9.91. The molecule has 0 bridgehead atoms. The van der Waals surface area contributed by atoms with Crippen molar-refractivity contribution in [2.24, 2.45) is 0 Å². The molecule has 104 valence electrons. The summed E-state index contributed by atoms with van der Waals surface area (Å²) in [6.45, 7) is 0.343. The third kappa shape index (κ3) is 4.08. The first kappa shape index (κ1) is 13.6. The molecule has 2 heterocycles. The maximum Gasteiger partial charge on any atom is 0.389 e. The molecule has 0 spiro atoms. The van der Waals surface area contributed by atoms with Gasteiger partial charge in [0, 0.05) is 13.0 Å². The quantitative estimate of drug-likeness (QED) is 0.674. The molecule has 0 aliphatic heterocycles. The lowest BCUT2D eigenvalue weighted by Gasteiger charge is -2.05. The van der Waals surface area contributed by atoms with E-state index in [0.29, 0.717) is 18.6 Å². The summed E-state index contributed by atoms with van der Waals surface area (Å²) in [4.78, 5) is 4.05. The number of unbranched alkanes of at least 4 members (excludes halogenated alkanes) is 1. The Hall–Kier alpha value is -1.86. The monoisotopic (exact) mass is 276 g/mol. The van der Waals surface area contributed by atoms with Crippen LogP contribution in [0.3, 0.4) is 0 Å². The van der Waals surface area contributed by atoms with Gasteiger partial charge >= 0.3 is 6.18 Å². The van der Waals surface area contributed by atoms with Crippen molar-refractivity contribution < 1.29 is 17.6 Å². The minimum absolute atomic E-state index is 0.0541. The van der Waals surface area contributed by atoms with Gasteiger partial charge in [0.25, 0.3) is 0 Å². The molecular weight excluding hydrogens is 264 g/mol. The average Bonchev–Trinajstić information content (AvgIpc) is 2.68. The van der Waals surface area contributed by atoms with Crippen LogP contribution in [0.2, 0.25) is 0 Å². The normalized spacial score (nSPS) is 12.0. The highest BCUT2D eigenvalue weighted by molar-refractivity contribution is 5.42. The molecule has 19 heavy (non-hydrogen) atoms. The Bertz CT molecular complexity index is 549. The second kappa shape index (κ2) is 5.41. The Morgan fingerprint density at radius 1 is 1.21 bits per heavy atom. The Morgan fingerprint density at radius 3 is 2.74 bits per heavy atom. The van der Waals surface area contributed by atoms with Gasteiger partial charge in [0.15, 0.2) is 5.65 Å². The number of nitrogens with zero attached hydrogens (tertiary/aromatic N) is 3. The van der Waals surface area contributed by atoms with Crippen LogP contribution in [-0.4, -0.2) is 27.3 Å². The lowest BCUT2D eigenvalue weighted by molar-refractivity contribution is -0.135. The number of anilines is 1. The lowest BCUT2D eigenvalue weighted by Crippen LogP contribution is -2.09. The Morgan fingerprint density at radius 2 is 2.00 bits per heavy atom. The topological polar surface area (TPSA) is 42.2 Å². The van der Waals surface area contributed by atoms with Gasteiger partial charge in [0.2, 0.25) is 5.95 Å². The fourth-order valence-electron chi connectivity index (χ4n) is 1.58. The van der Waals surface area contributed by atoms with E-state index in [1.807, 2.05) is 0 Å². The van der Waals surface area contributed by atoms with Crippen molar-refractivity contribution >= 4 is 11.6 Å². The number of hydrogen-bond acceptors (Lipinski definition) is 3. The van der Waals surface area contributed by atoms with E-state index in [4.69, 9.17) is 0 Å². The predicted molar refractivity (Wildman–Crippen MR) is 61.3 cm³/mol. The maximum absolute atomic E-state index is 12.9. The van der Waals surface area contributed by atoms with Crippen LogP contribution >= 0.6 is 0 Å². The Labute approximate surface area is 106 Å². The molecule has 2 rings (SSSR count). The van der Waals surface area contributed by atoms with Crippen molar-refractivity contribution in [1.82, 2.24) is 14.6 Å². The Balaban J connectivity index is 1.82. The van der Waals surface area contributed by atoms with Crippen molar-refractivity contribution in [1.29, 1.82) is 0 Å². The van der Waals surface area contributed by atoms with Gasteiger partial charge in [-0.3, -0.25) is 0 Å². The number of hydrogen-bond donors (Lipinski definition) is 1. The van der Waals surface area contributed by atoms with Crippen LogP contribution in [-0.2, 0) is 0 Å². The first-order valence-electron chi connectivity index (χ1n) is 5.77. The van der Waals surface area contributed by atoms with Crippen molar-refractivity contribution in [2.45, 2.75) is 25.4 Å². The molecule has 0 saturated heterocycles. The van der Waals surface area contributed by atoms with Gasteiger partial charge in [-0.25, -0.2) is 8.91 Å². The smallest absolute Gasteiger partial charge is 0.353 e. The van der Waals surface area contributed by atoms with Crippen molar-refractivity contribution in [3.8, 4) is 0 Å². The summed E-state index contributed by atoms with van der Waals surface area (Å²) >= 11 is 0. The Kier molecular flexibility index (Phi) is 3.87. The van der Waals surface area contributed by atoms with E-state index in [1.165, 1.54) is 22.8 Å². The van der Waals surface area contributed by atoms with Crippen LogP contribution in [0.4, 0.5) is 23.5 Å². The van der Waals surface area contributed by atoms with E-state index in [-0.39, 0.29) is 12.4 Å². The van der Waals surface area contributed by atoms with Gasteiger partial charge in [-0.15, -0.1) is 5.10 Å². The largest absolute Gasteiger partial charge is 0.389 e. The van der Waals surface area contributed by atoms with E-state index in [0.717, 1.165) is 0 Å². The van der Waals surface area contributed by atoms with Gasteiger partial charge < -0.3 is 5.32 Å². The zero-order chi connectivity index (χ0) is 13.9. The second-order valence-corrected chi connectivity index (χ2v) is 4.08. The fourth-order valence-corrected chi connectivity index (χ4v) is 1.58. The summed E-state index contributed by atoms with van der Waals surface area (Å²) < 4.78 is 49.9. The van der Waals surface area contributed by atoms with Crippen molar-refractivity contribution in [2.75, 3.05) is 11.9 Å². The van der Waals surface area contributed by atoms with E-state index in [9.17, 15) is 17.6 Å². The van der Waals surface area contributed by atoms with Gasteiger partial charge in [-0.05, 0) is 25.0 Å². The minimum atomic E-state index is -4.11. The molecule has 1 N–H and O–H groups in total. The molecule has 0 unspecified atom stereocenters. The van der Waals surface area contributed by atoms with Crippen LogP contribution in [0.5, 0.6) is 0 Å². The van der Waals surface area contributed by atoms with Crippen molar-refractivity contribution in [3.63, 3.8) is 0 Å². The summed E-state index contributed by atoms with van der Waals surface area (Å²) in [7, 11) is 0. The van der Waals surface area contributed by atoms with Gasteiger partial charge in [-0.2, -0.15) is 18.2 Å². The van der Waals surface area contributed by atoms with E-state index < -0.39 is 18.4 Å². The number of alkyl halides is 3. The molecule has 0 radical (unpaired) electrons.